The van der Waals surface area contributed by atoms with Gasteiger partial charge >= 0.3 is 12.1 Å². The van der Waals surface area contributed by atoms with Gasteiger partial charge in [0.15, 0.2) is 6.61 Å². The number of nitrogens with one attached hydrogen (secondary N) is 4. The van der Waals surface area contributed by atoms with Crippen molar-refractivity contribution in [2.45, 2.75) is 63.2 Å². The van der Waals surface area contributed by atoms with Crippen LogP contribution in [0, 0.1) is 5.92 Å². The van der Waals surface area contributed by atoms with Gasteiger partial charge in [0.1, 0.15) is 30.3 Å². The van der Waals surface area contributed by atoms with Crippen molar-refractivity contribution < 1.29 is 38.2 Å². The van der Waals surface area contributed by atoms with E-state index in [1.807, 2.05) is 140 Å². The first kappa shape index (κ1) is 44.3. The van der Waals surface area contributed by atoms with E-state index in [1.165, 1.54) is 6.92 Å². The summed E-state index contributed by atoms with van der Waals surface area (Å²) < 4.78 is 10.8. The molecule has 1 aliphatic carbocycles. The van der Waals surface area contributed by atoms with Gasteiger partial charge in [-0.3, -0.25) is 19.2 Å². The molecule has 0 saturated carbocycles. The van der Waals surface area contributed by atoms with Gasteiger partial charge in [-0.15, -0.1) is 0 Å². The van der Waals surface area contributed by atoms with Crippen molar-refractivity contribution in [2.24, 2.45) is 11.7 Å². The third-order valence-electron chi connectivity index (χ3n) is 10.9. The summed E-state index contributed by atoms with van der Waals surface area (Å²) in [5.74, 6) is -4.30. The number of primary amides is 1. The first-order valence-electron chi connectivity index (χ1n) is 20.5. The molecule has 5 aromatic rings. The molecule has 0 aromatic heterocycles. The topological polar surface area (TPSA) is 195 Å². The Morgan fingerprint density at radius 3 is 1.58 bits per heavy atom. The fourth-order valence-corrected chi connectivity index (χ4v) is 7.78. The van der Waals surface area contributed by atoms with E-state index in [2.05, 4.69) is 21.3 Å². The number of nitrogens with two attached hydrogens (primary N) is 1. The predicted octanol–water partition coefficient (Wildman–Crippen LogP) is 5.46. The molecule has 6 N–H and O–H groups in total. The highest BCUT2D eigenvalue weighted by atomic mass is 16.5. The SMILES string of the molecule is CC(C)[C@H](NC(=O)OCC1c2ccccc2-c2ccccc21)C(=O)N[C@@H](C)C(=O)OCC(=O)N[C@@H](CCC(=O)NC(c1ccccc1)(c1ccccc1)c1ccccc1)C(N)=O. The van der Waals surface area contributed by atoms with E-state index in [-0.39, 0.29) is 31.3 Å². The maximum atomic E-state index is 13.8. The number of hydrogen-bond acceptors (Lipinski definition) is 8. The van der Waals surface area contributed by atoms with Gasteiger partial charge in [0.2, 0.25) is 17.7 Å². The van der Waals surface area contributed by atoms with Crippen LogP contribution in [-0.2, 0) is 39.0 Å². The molecule has 0 heterocycles. The Labute approximate surface area is 360 Å². The van der Waals surface area contributed by atoms with Crippen molar-refractivity contribution in [3.63, 3.8) is 0 Å². The number of alkyl carbamates (subject to hydrolysis) is 1. The lowest BCUT2D eigenvalue weighted by molar-refractivity contribution is -0.151. The second kappa shape index (κ2) is 20.3. The highest BCUT2D eigenvalue weighted by molar-refractivity contribution is 5.91. The number of rotatable bonds is 18. The zero-order chi connectivity index (χ0) is 44.2. The number of carbonyl (C=O) groups is 6. The summed E-state index contributed by atoms with van der Waals surface area (Å²) in [6.45, 7) is 4.09. The van der Waals surface area contributed by atoms with Crippen molar-refractivity contribution in [3.8, 4) is 11.1 Å². The Morgan fingerprint density at radius 1 is 0.613 bits per heavy atom. The van der Waals surface area contributed by atoms with E-state index in [1.54, 1.807) is 13.8 Å². The van der Waals surface area contributed by atoms with E-state index >= 15 is 0 Å². The summed E-state index contributed by atoms with van der Waals surface area (Å²) in [4.78, 5) is 78.3. The first-order valence-corrected chi connectivity index (χ1v) is 20.5. The number of esters is 1. The highest BCUT2D eigenvalue weighted by Crippen LogP contribution is 2.44. The Kier molecular flexibility index (Phi) is 14.5. The number of ether oxygens (including phenoxy) is 2. The van der Waals surface area contributed by atoms with Crippen LogP contribution in [0.3, 0.4) is 0 Å². The van der Waals surface area contributed by atoms with Crippen LogP contribution in [0.15, 0.2) is 140 Å². The van der Waals surface area contributed by atoms with Crippen LogP contribution in [0.2, 0.25) is 0 Å². The quantitative estimate of drug-likeness (QED) is 0.0567. The number of hydrogen-bond donors (Lipinski definition) is 5. The van der Waals surface area contributed by atoms with E-state index in [4.69, 9.17) is 15.2 Å². The lowest BCUT2D eigenvalue weighted by atomic mass is 9.77. The maximum absolute atomic E-state index is 13.8. The standard InChI is InChI=1S/C49H51N5O8/c1-31(2)44(53-48(60)62-29-40-38-25-15-13-23-36(38)37-24-14-16-26-39(37)40)46(58)51-32(3)47(59)61-30-43(56)52-41(45(50)57)27-28-42(55)54-49(33-17-7-4-8-18-33,34-19-9-5-10-20-34)35-21-11-6-12-22-35/h4-26,31-32,40-41,44H,27-30H2,1-3H3,(H2,50,57)(H,51,58)(H,52,56)(H,53,60)(H,54,55)/t32-,41-,44-/m0/s1. The van der Waals surface area contributed by atoms with Gasteiger partial charge < -0.3 is 36.5 Å². The van der Waals surface area contributed by atoms with Crippen LogP contribution in [0.1, 0.15) is 67.3 Å². The fraction of sp³-hybridized carbons (Fsp3) is 0.265. The first-order chi connectivity index (χ1) is 29.9. The summed E-state index contributed by atoms with van der Waals surface area (Å²) in [7, 11) is 0. The van der Waals surface area contributed by atoms with Crippen molar-refractivity contribution in [1.29, 1.82) is 0 Å². The van der Waals surface area contributed by atoms with E-state index < -0.39 is 66.0 Å². The lowest BCUT2D eigenvalue weighted by Gasteiger charge is -2.37. The molecule has 0 saturated heterocycles. The van der Waals surface area contributed by atoms with Gasteiger partial charge in [-0.2, -0.15) is 0 Å². The fourth-order valence-electron chi connectivity index (χ4n) is 7.78. The van der Waals surface area contributed by atoms with Gasteiger partial charge in [0, 0.05) is 12.3 Å². The molecule has 3 atom stereocenters. The minimum absolute atomic E-state index is 0.0539. The van der Waals surface area contributed by atoms with Crippen LogP contribution in [0.5, 0.6) is 0 Å². The van der Waals surface area contributed by atoms with E-state index in [9.17, 15) is 28.8 Å². The Balaban J connectivity index is 0.995. The van der Waals surface area contributed by atoms with Crippen LogP contribution in [0.4, 0.5) is 4.79 Å². The molecule has 0 aliphatic heterocycles. The summed E-state index contributed by atoms with van der Waals surface area (Å²) >= 11 is 0. The second-order valence-corrected chi connectivity index (χ2v) is 15.5. The highest BCUT2D eigenvalue weighted by Gasteiger charge is 2.38. The van der Waals surface area contributed by atoms with Gasteiger partial charge in [0.05, 0.1) is 0 Å². The zero-order valence-electron chi connectivity index (χ0n) is 34.8. The molecule has 1 aliphatic rings. The number of amides is 5. The minimum Gasteiger partial charge on any atom is -0.454 e. The molecule has 5 amide bonds. The van der Waals surface area contributed by atoms with E-state index in [0.717, 1.165) is 38.9 Å². The summed E-state index contributed by atoms with van der Waals surface area (Å²) in [5.41, 5.74) is 11.2. The molecule has 13 nitrogen and oxygen atoms in total. The van der Waals surface area contributed by atoms with Crippen molar-refractivity contribution >= 4 is 35.7 Å². The molecule has 0 fully saturated rings. The summed E-state index contributed by atoms with van der Waals surface area (Å²) in [6.07, 6.45) is -1.13. The molecule has 5 aromatic carbocycles. The van der Waals surface area contributed by atoms with Gasteiger partial charge in [-0.1, -0.05) is 153 Å². The van der Waals surface area contributed by atoms with Gasteiger partial charge in [-0.05, 0) is 58.2 Å². The molecule has 0 spiro atoms. The summed E-state index contributed by atoms with van der Waals surface area (Å²) in [6, 6.07) is 40.8. The normalized spacial score (nSPS) is 13.4. The Bertz CT molecular complexity index is 2230. The van der Waals surface area contributed by atoms with Crippen LogP contribution < -0.4 is 27.0 Å². The number of fused-ring (bicyclic) bond motifs is 3. The molecule has 13 heteroatoms. The maximum Gasteiger partial charge on any atom is 0.407 e. The molecular formula is C49H51N5O8. The van der Waals surface area contributed by atoms with Crippen molar-refractivity contribution in [3.05, 3.63) is 167 Å². The molecular weight excluding hydrogens is 787 g/mol. The Hall–Kier alpha value is -7.28. The molecule has 0 radical (unpaired) electrons. The number of carbonyl (C=O) groups excluding carboxylic acids is 6. The largest absolute Gasteiger partial charge is 0.454 e. The molecule has 6 rings (SSSR count). The number of benzene rings is 5. The third kappa shape index (κ3) is 10.4. The summed E-state index contributed by atoms with van der Waals surface area (Å²) in [5, 5.41) is 10.8. The second-order valence-electron chi connectivity index (χ2n) is 15.5. The predicted molar refractivity (Wildman–Crippen MR) is 233 cm³/mol. The van der Waals surface area contributed by atoms with E-state index in [0.29, 0.717) is 0 Å². The van der Waals surface area contributed by atoms with Crippen molar-refractivity contribution in [2.75, 3.05) is 13.2 Å². The monoisotopic (exact) mass is 837 g/mol. The molecule has 62 heavy (non-hydrogen) atoms. The van der Waals surface area contributed by atoms with Gasteiger partial charge in [-0.25, -0.2) is 9.59 Å². The van der Waals surface area contributed by atoms with Crippen LogP contribution in [0.25, 0.3) is 11.1 Å². The molecule has 0 bridgehead atoms. The average Bonchev–Trinajstić information content (AvgIpc) is 3.61. The zero-order valence-corrected chi connectivity index (χ0v) is 34.8. The smallest absolute Gasteiger partial charge is 0.407 e. The molecule has 0 unspecified atom stereocenters. The molecule has 320 valence electrons. The van der Waals surface area contributed by atoms with Crippen LogP contribution >= 0.6 is 0 Å². The Morgan fingerprint density at radius 2 is 1.10 bits per heavy atom. The third-order valence-corrected chi connectivity index (χ3v) is 10.9. The van der Waals surface area contributed by atoms with Gasteiger partial charge in [0.25, 0.3) is 5.91 Å². The van der Waals surface area contributed by atoms with Crippen molar-refractivity contribution in [1.82, 2.24) is 21.3 Å². The lowest BCUT2D eigenvalue weighted by Crippen LogP contribution is -2.53. The minimum atomic E-state index is -1.26. The van der Waals surface area contributed by atoms with Crippen LogP contribution in [-0.4, -0.2) is 67.0 Å². The average molecular weight is 838 g/mol.